The summed E-state index contributed by atoms with van der Waals surface area (Å²) >= 11 is 0. The van der Waals surface area contributed by atoms with Gasteiger partial charge in [-0.25, -0.2) is 10.1 Å². The predicted octanol–water partition coefficient (Wildman–Crippen LogP) is -1.46. The summed E-state index contributed by atoms with van der Waals surface area (Å²) in [6.07, 6.45) is 0.463. The first-order valence-electron chi connectivity index (χ1n) is 5.06. The molecule has 0 spiro atoms. The second kappa shape index (κ2) is 4.96. The Labute approximate surface area is 102 Å². The number of rotatable bonds is 2. The quantitative estimate of drug-likeness (QED) is 0.137. The number of nitrogens with one attached hydrogen (secondary N) is 2. The summed E-state index contributed by atoms with van der Waals surface area (Å²) in [5, 5.41) is 16.6. The van der Waals surface area contributed by atoms with Crippen LogP contribution in [-0.2, 0) is 14.3 Å². The fourth-order valence-electron chi connectivity index (χ4n) is 1.65. The third-order valence-corrected chi connectivity index (χ3v) is 2.33. The van der Waals surface area contributed by atoms with E-state index in [9.17, 15) is 19.7 Å². The number of likely N-dealkylation sites (tertiary alicyclic amines) is 1. The number of hydrogen-bond donors (Lipinski definition) is 3. The molecule has 0 aromatic heterocycles. The average molecular weight is 259 g/mol. The molecule has 1 unspecified atom stereocenters. The number of nitrogens with zero attached hydrogens (tertiary/aromatic N) is 2. The third-order valence-electron chi connectivity index (χ3n) is 2.33. The smallest absolute Gasteiger partial charge is 0.304 e. The van der Waals surface area contributed by atoms with Gasteiger partial charge in [-0.1, -0.05) is 5.43 Å². The molecule has 1 atom stereocenters. The fourth-order valence-corrected chi connectivity index (χ4v) is 1.65. The SMILES string of the molecule is CC(=O)OC1(N)CCCN(C(=N)N[N+](=O)[O-])C1=O. The van der Waals surface area contributed by atoms with Crippen LogP contribution in [0.4, 0.5) is 0 Å². The Hall–Kier alpha value is -2.23. The molecule has 18 heavy (non-hydrogen) atoms. The van der Waals surface area contributed by atoms with Crippen LogP contribution in [-0.4, -0.2) is 40.0 Å². The molecule has 100 valence electrons. The van der Waals surface area contributed by atoms with Crippen molar-refractivity contribution in [2.24, 2.45) is 5.73 Å². The standard InChI is InChI=1S/C8H13N5O5/c1-5(14)18-8(10)3-2-4-12(6(8)15)7(9)11-13(16)17/h2-4,10H2,1H3,(H2,9,11). The summed E-state index contributed by atoms with van der Waals surface area (Å²) in [7, 11) is 0. The second-order valence-electron chi connectivity index (χ2n) is 3.76. The van der Waals surface area contributed by atoms with Crippen LogP contribution < -0.4 is 11.2 Å². The van der Waals surface area contributed by atoms with Crippen molar-refractivity contribution in [3.8, 4) is 0 Å². The van der Waals surface area contributed by atoms with Crippen molar-refractivity contribution in [2.45, 2.75) is 25.5 Å². The summed E-state index contributed by atoms with van der Waals surface area (Å²) in [6.45, 7) is 1.19. The van der Waals surface area contributed by atoms with Crippen LogP contribution in [0.3, 0.4) is 0 Å². The van der Waals surface area contributed by atoms with Crippen molar-refractivity contribution < 1.29 is 19.4 Å². The maximum absolute atomic E-state index is 11.9. The third kappa shape index (κ3) is 2.91. The van der Waals surface area contributed by atoms with Crippen molar-refractivity contribution in [2.75, 3.05) is 6.54 Å². The minimum Gasteiger partial charge on any atom is -0.435 e. The highest BCUT2D eigenvalue weighted by atomic mass is 16.7. The summed E-state index contributed by atoms with van der Waals surface area (Å²) < 4.78 is 4.73. The molecule has 1 aliphatic rings. The molecule has 0 bridgehead atoms. The van der Waals surface area contributed by atoms with Crippen LogP contribution in [0.2, 0.25) is 0 Å². The average Bonchev–Trinajstić information content (AvgIpc) is 2.20. The Morgan fingerprint density at radius 3 is 2.83 bits per heavy atom. The van der Waals surface area contributed by atoms with Crippen LogP contribution in [0.1, 0.15) is 19.8 Å². The Morgan fingerprint density at radius 2 is 2.33 bits per heavy atom. The number of esters is 1. The van der Waals surface area contributed by atoms with Gasteiger partial charge in [0.15, 0.2) is 5.03 Å². The molecular weight excluding hydrogens is 246 g/mol. The van der Waals surface area contributed by atoms with Crippen molar-refractivity contribution >= 4 is 17.8 Å². The number of nitro groups is 1. The molecule has 4 N–H and O–H groups in total. The first-order valence-corrected chi connectivity index (χ1v) is 5.06. The highest BCUT2D eigenvalue weighted by Gasteiger charge is 2.45. The number of hydrazine groups is 1. The summed E-state index contributed by atoms with van der Waals surface area (Å²) in [6, 6.07) is 0. The van der Waals surface area contributed by atoms with Gasteiger partial charge in [0.05, 0.1) is 0 Å². The Kier molecular flexibility index (Phi) is 3.81. The van der Waals surface area contributed by atoms with E-state index in [2.05, 4.69) is 0 Å². The number of guanidine groups is 1. The van der Waals surface area contributed by atoms with E-state index in [-0.39, 0.29) is 13.0 Å². The molecule has 1 heterocycles. The van der Waals surface area contributed by atoms with Gasteiger partial charge in [-0.2, -0.15) is 0 Å². The maximum atomic E-state index is 11.9. The molecule has 0 aliphatic carbocycles. The number of carbonyl (C=O) groups excluding carboxylic acids is 2. The van der Waals surface area contributed by atoms with E-state index in [4.69, 9.17) is 15.9 Å². The molecule has 0 saturated carbocycles. The first-order chi connectivity index (χ1) is 8.26. The number of ether oxygens (including phenoxy) is 1. The summed E-state index contributed by atoms with van der Waals surface area (Å²) in [4.78, 5) is 33.8. The van der Waals surface area contributed by atoms with E-state index in [1.165, 1.54) is 0 Å². The Bertz CT molecular complexity index is 411. The van der Waals surface area contributed by atoms with Gasteiger partial charge in [-0.05, 0) is 6.42 Å². The van der Waals surface area contributed by atoms with Crippen LogP contribution in [0.5, 0.6) is 0 Å². The topological polar surface area (TPSA) is 152 Å². The largest absolute Gasteiger partial charge is 0.435 e. The highest BCUT2D eigenvalue weighted by molar-refractivity contribution is 6.00. The molecular formula is C8H13N5O5. The monoisotopic (exact) mass is 259 g/mol. The maximum Gasteiger partial charge on any atom is 0.304 e. The van der Waals surface area contributed by atoms with Gasteiger partial charge >= 0.3 is 5.97 Å². The van der Waals surface area contributed by atoms with Gasteiger partial charge in [0, 0.05) is 19.9 Å². The zero-order chi connectivity index (χ0) is 13.9. The number of carbonyl (C=O) groups is 2. The van der Waals surface area contributed by atoms with Crippen molar-refractivity contribution in [3.63, 3.8) is 0 Å². The van der Waals surface area contributed by atoms with E-state index >= 15 is 0 Å². The number of hydrogen-bond acceptors (Lipinski definition) is 7. The lowest BCUT2D eigenvalue weighted by molar-refractivity contribution is -0.526. The lowest BCUT2D eigenvalue weighted by Gasteiger charge is -2.36. The molecule has 10 nitrogen and oxygen atoms in total. The molecule has 0 aromatic carbocycles. The van der Waals surface area contributed by atoms with E-state index in [1.54, 1.807) is 5.43 Å². The van der Waals surface area contributed by atoms with Crippen LogP contribution >= 0.6 is 0 Å². The summed E-state index contributed by atoms with van der Waals surface area (Å²) in [5.74, 6) is -2.31. The zero-order valence-electron chi connectivity index (χ0n) is 9.63. The van der Waals surface area contributed by atoms with Gasteiger partial charge in [-0.3, -0.25) is 25.6 Å². The minimum atomic E-state index is -1.87. The molecule has 0 aromatic rings. The lowest BCUT2D eigenvalue weighted by atomic mass is 10.0. The lowest BCUT2D eigenvalue weighted by Crippen LogP contribution is -2.64. The molecule has 10 heteroatoms. The van der Waals surface area contributed by atoms with E-state index in [0.717, 1.165) is 11.8 Å². The first kappa shape index (κ1) is 13.8. The number of amides is 1. The van der Waals surface area contributed by atoms with Gasteiger partial charge in [-0.15, -0.1) is 0 Å². The molecule has 1 saturated heterocycles. The van der Waals surface area contributed by atoms with Gasteiger partial charge in [0.1, 0.15) is 0 Å². The second-order valence-corrected chi connectivity index (χ2v) is 3.76. The summed E-state index contributed by atoms with van der Waals surface area (Å²) in [5.41, 5.74) is 5.32. The van der Waals surface area contributed by atoms with Crippen molar-refractivity contribution in [1.29, 1.82) is 5.41 Å². The molecule has 1 amide bonds. The minimum absolute atomic E-state index is 0.0960. The van der Waals surface area contributed by atoms with E-state index < -0.39 is 28.6 Å². The zero-order valence-corrected chi connectivity index (χ0v) is 9.63. The van der Waals surface area contributed by atoms with Gasteiger partial charge in [0.25, 0.3) is 11.9 Å². The molecule has 1 rings (SSSR count). The van der Waals surface area contributed by atoms with Crippen LogP contribution in [0.15, 0.2) is 0 Å². The fraction of sp³-hybridized carbons (Fsp3) is 0.625. The van der Waals surface area contributed by atoms with E-state index in [1.807, 2.05) is 0 Å². The van der Waals surface area contributed by atoms with Gasteiger partial charge in [0.2, 0.25) is 5.72 Å². The van der Waals surface area contributed by atoms with Crippen LogP contribution in [0, 0.1) is 15.5 Å². The highest BCUT2D eigenvalue weighted by Crippen LogP contribution is 2.21. The normalized spacial score (nSPS) is 23.4. The molecule has 0 radical (unpaired) electrons. The Balaban J connectivity index is 2.84. The Morgan fingerprint density at radius 1 is 1.72 bits per heavy atom. The number of nitrogens with two attached hydrogens (primary N) is 1. The van der Waals surface area contributed by atoms with Crippen molar-refractivity contribution in [3.05, 3.63) is 10.1 Å². The van der Waals surface area contributed by atoms with Crippen LogP contribution in [0.25, 0.3) is 0 Å². The predicted molar refractivity (Wildman–Crippen MR) is 57.5 cm³/mol. The van der Waals surface area contributed by atoms with Crippen molar-refractivity contribution in [1.82, 2.24) is 10.3 Å². The number of piperidine rings is 1. The van der Waals surface area contributed by atoms with E-state index in [0.29, 0.717) is 6.42 Å². The van der Waals surface area contributed by atoms with Gasteiger partial charge < -0.3 is 4.74 Å². The molecule has 1 fully saturated rings. The molecule has 1 aliphatic heterocycles.